The summed E-state index contributed by atoms with van der Waals surface area (Å²) in [5.41, 5.74) is 7.39. The van der Waals surface area contributed by atoms with Crippen molar-refractivity contribution in [2.75, 3.05) is 5.32 Å². The molecule has 0 spiro atoms. The number of carbonyl (C=O) groups excluding carboxylic acids is 1. The van der Waals surface area contributed by atoms with Crippen LogP contribution < -0.4 is 5.32 Å². The Labute approximate surface area is 197 Å². The predicted molar refractivity (Wildman–Crippen MR) is 132 cm³/mol. The van der Waals surface area contributed by atoms with Crippen molar-refractivity contribution in [3.8, 4) is 11.5 Å². The van der Waals surface area contributed by atoms with E-state index >= 15 is 0 Å². The first-order chi connectivity index (χ1) is 16.3. The number of anilines is 1. The number of amides is 1. The van der Waals surface area contributed by atoms with Crippen LogP contribution in [-0.4, -0.2) is 35.4 Å². The number of hydrogen-bond acceptors (Lipinski definition) is 5. The molecule has 5 rings (SSSR count). The van der Waals surface area contributed by atoms with Gasteiger partial charge in [-0.3, -0.25) is 4.79 Å². The predicted octanol–water partition coefficient (Wildman–Crippen LogP) is 4.80. The van der Waals surface area contributed by atoms with Crippen LogP contribution >= 0.6 is 0 Å². The Morgan fingerprint density at radius 2 is 1.62 bits per heavy atom. The summed E-state index contributed by atoms with van der Waals surface area (Å²) >= 11 is 0. The molecule has 0 radical (unpaired) electrons. The zero-order chi connectivity index (χ0) is 24.0. The molecule has 5 aromatic rings. The van der Waals surface area contributed by atoms with Crippen molar-refractivity contribution in [2.24, 2.45) is 0 Å². The minimum Gasteiger partial charge on any atom is -0.306 e. The van der Waals surface area contributed by atoms with Crippen molar-refractivity contribution in [1.82, 2.24) is 29.5 Å². The van der Waals surface area contributed by atoms with E-state index in [1.54, 1.807) is 15.6 Å². The molecule has 34 heavy (non-hydrogen) atoms. The van der Waals surface area contributed by atoms with Crippen LogP contribution in [0.5, 0.6) is 0 Å². The number of nitrogens with one attached hydrogen (secondary N) is 1. The second-order valence-electron chi connectivity index (χ2n) is 8.67. The van der Waals surface area contributed by atoms with E-state index in [-0.39, 0.29) is 5.91 Å². The molecular weight excluding hydrogens is 426 g/mol. The first-order valence-electron chi connectivity index (χ1n) is 11.0. The van der Waals surface area contributed by atoms with Gasteiger partial charge in [-0.05, 0) is 70.0 Å². The van der Waals surface area contributed by atoms with E-state index in [9.17, 15) is 4.79 Å². The monoisotopic (exact) mass is 451 g/mol. The zero-order valence-corrected chi connectivity index (χ0v) is 19.8. The average Bonchev–Trinajstić information content (AvgIpc) is 3.38. The summed E-state index contributed by atoms with van der Waals surface area (Å²) in [6.45, 7) is 9.97. The molecule has 170 valence electrons. The highest BCUT2D eigenvalue weighted by molar-refractivity contribution is 6.04. The molecule has 0 aliphatic heterocycles. The smallest absolute Gasteiger partial charge is 0.256 e. The number of benzene rings is 2. The maximum Gasteiger partial charge on any atom is 0.256 e. The molecule has 8 heteroatoms. The van der Waals surface area contributed by atoms with Crippen molar-refractivity contribution in [1.29, 1.82) is 0 Å². The van der Waals surface area contributed by atoms with Crippen LogP contribution in [0.4, 0.5) is 5.82 Å². The lowest BCUT2D eigenvalue weighted by atomic mass is 10.1. The van der Waals surface area contributed by atoms with Crippen LogP contribution in [0.2, 0.25) is 0 Å². The molecule has 0 atom stereocenters. The van der Waals surface area contributed by atoms with Gasteiger partial charge in [-0.2, -0.15) is 14.9 Å². The van der Waals surface area contributed by atoms with Gasteiger partial charge < -0.3 is 5.32 Å². The fourth-order valence-electron chi connectivity index (χ4n) is 4.09. The van der Waals surface area contributed by atoms with Crippen LogP contribution in [-0.2, 0) is 0 Å². The third kappa shape index (κ3) is 3.83. The number of fused-ring (bicyclic) bond motifs is 1. The Morgan fingerprint density at radius 3 is 2.35 bits per heavy atom. The van der Waals surface area contributed by atoms with Crippen molar-refractivity contribution >= 4 is 22.8 Å². The fourth-order valence-corrected chi connectivity index (χ4v) is 4.09. The van der Waals surface area contributed by atoms with Crippen molar-refractivity contribution in [2.45, 2.75) is 34.6 Å². The zero-order valence-electron chi connectivity index (χ0n) is 19.8. The van der Waals surface area contributed by atoms with Crippen LogP contribution in [0.15, 0.2) is 55.0 Å². The maximum atomic E-state index is 13.0. The first-order valence-corrected chi connectivity index (χ1v) is 11.0. The molecule has 0 fully saturated rings. The number of nitrogens with zero attached hydrogens (tertiary/aromatic N) is 6. The highest BCUT2D eigenvalue weighted by Gasteiger charge is 2.18. The number of aromatic nitrogens is 6. The number of hydrogen-bond donors (Lipinski definition) is 1. The molecule has 0 bridgehead atoms. The summed E-state index contributed by atoms with van der Waals surface area (Å²) in [4.78, 5) is 22.0. The summed E-state index contributed by atoms with van der Waals surface area (Å²) in [5.74, 6) is 0.869. The van der Waals surface area contributed by atoms with E-state index < -0.39 is 0 Å². The summed E-state index contributed by atoms with van der Waals surface area (Å²) in [7, 11) is 0. The van der Waals surface area contributed by atoms with E-state index in [4.69, 9.17) is 0 Å². The summed E-state index contributed by atoms with van der Waals surface area (Å²) < 4.78 is 3.42. The van der Waals surface area contributed by atoms with Gasteiger partial charge in [0.05, 0.1) is 23.0 Å². The van der Waals surface area contributed by atoms with E-state index in [2.05, 4.69) is 51.5 Å². The van der Waals surface area contributed by atoms with Gasteiger partial charge in [-0.1, -0.05) is 23.3 Å². The third-order valence-electron chi connectivity index (χ3n) is 5.84. The van der Waals surface area contributed by atoms with Gasteiger partial charge in [0.1, 0.15) is 12.1 Å². The molecule has 8 nitrogen and oxygen atoms in total. The fraction of sp³-hybridized carbons (Fsp3) is 0.192. The SMILES string of the molecule is Cc1cc(C)cc(C(=O)Nc2cc(C)nn2-c2ncnc3c2cnn3-c2ccc(C)c(C)c2)c1. The molecule has 0 saturated heterocycles. The second kappa shape index (κ2) is 8.22. The lowest BCUT2D eigenvalue weighted by Gasteiger charge is -2.10. The van der Waals surface area contributed by atoms with Gasteiger partial charge >= 0.3 is 0 Å². The Hall–Kier alpha value is -4.33. The van der Waals surface area contributed by atoms with E-state index in [0.717, 1.165) is 27.9 Å². The van der Waals surface area contributed by atoms with Crippen molar-refractivity contribution in [3.63, 3.8) is 0 Å². The van der Waals surface area contributed by atoms with Gasteiger partial charge in [-0.25, -0.2) is 14.6 Å². The minimum atomic E-state index is -0.205. The van der Waals surface area contributed by atoms with Gasteiger partial charge in [0, 0.05) is 11.6 Å². The number of aryl methyl sites for hydroxylation is 5. The molecule has 1 N–H and O–H groups in total. The Bertz CT molecular complexity index is 1540. The largest absolute Gasteiger partial charge is 0.306 e. The van der Waals surface area contributed by atoms with Gasteiger partial charge in [0.2, 0.25) is 0 Å². The maximum absolute atomic E-state index is 13.0. The van der Waals surface area contributed by atoms with Crippen LogP contribution in [0.25, 0.3) is 22.5 Å². The lowest BCUT2D eigenvalue weighted by Crippen LogP contribution is -2.16. The standard InChI is InChI=1S/C26H25N7O/c1-15-8-16(2)10-20(9-15)26(34)30-23-12-19(5)31-33(23)25-22-13-29-32(24(22)27-14-28-25)21-7-6-17(3)18(4)11-21/h6-14H,1-5H3,(H,30,34). The molecule has 0 aliphatic carbocycles. The van der Waals surface area contributed by atoms with Gasteiger partial charge in [0.25, 0.3) is 5.91 Å². The molecule has 3 aromatic heterocycles. The Morgan fingerprint density at radius 1 is 0.853 bits per heavy atom. The molecule has 1 amide bonds. The molecule has 0 unspecified atom stereocenters. The minimum absolute atomic E-state index is 0.205. The van der Waals surface area contributed by atoms with E-state index in [1.165, 1.54) is 17.5 Å². The molecule has 3 heterocycles. The average molecular weight is 452 g/mol. The quantitative estimate of drug-likeness (QED) is 0.424. The summed E-state index contributed by atoms with van der Waals surface area (Å²) in [6.07, 6.45) is 3.22. The second-order valence-corrected chi connectivity index (χ2v) is 8.67. The van der Waals surface area contributed by atoms with Crippen molar-refractivity contribution < 1.29 is 4.79 Å². The molecule has 0 aliphatic rings. The molecular formula is C26H25N7O. The van der Waals surface area contributed by atoms with E-state index in [0.29, 0.717) is 22.8 Å². The Kier molecular flexibility index (Phi) is 5.20. The number of carbonyl (C=O) groups is 1. The number of rotatable bonds is 4. The molecule has 0 saturated carbocycles. The topological polar surface area (TPSA) is 90.5 Å². The van der Waals surface area contributed by atoms with Crippen LogP contribution in [0, 0.1) is 34.6 Å². The molecule has 2 aromatic carbocycles. The lowest BCUT2D eigenvalue weighted by molar-refractivity contribution is 0.102. The first kappa shape index (κ1) is 21.5. The van der Waals surface area contributed by atoms with Crippen LogP contribution in [0.3, 0.4) is 0 Å². The summed E-state index contributed by atoms with van der Waals surface area (Å²) in [6, 6.07) is 13.8. The highest BCUT2D eigenvalue weighted by atomic mass is 16.1. The summed E-state index contributed by atoms with van der Waals surface area (Å²) in [5, 5.41) is 12.9. The van der Waals surface area contributed by atoms with Gasteiger partial charge in [-0.15, -0.1) is 0 Å². The van der Waals surface area contributed by atoms with E-state index in [1.807, 2.05) is 51.1 Å². The highest BCUT2D eigenvalue weighted by Crippen LogP contribution is 2.25. The van der Waals surface area contributed by atoms with Crippen LogP contribution in [0.1, 0.15) is 38.3 Å². The normalized spacial score (nSPS) is 11.2. The third-order valence-corrected chi connectivity index (χ3v) is 5.84. The van der Waals surface area contributed by atoms with Gasteiger partial charge in [0.15, 0.2) is 11.5 Å². The van der Waals surface area contributed by atoms with Crippen molar-refractivity contribution in [3.05, 3.63) is 88.5 Å². The Balaban J connectivity index is 1.57.